The van der Waals surface area contributed by atoms with Gasteiger partial charge in [-0.25, -0.2) is 0 Å². The minimum atomic E-state index is -0.791. The molecule has 0 spiro atoms. The summed E-state index contributed by atoms with van der Waals surface area (Å²) in [4.78, 5) is 11.0. The zero-order valence-corrected chi connectivity index (χ0v) is 8.08. The van der Waals surface area contributed by atoms with Gasteiger partial charge in [-0.05, 0) is 30.0 Å². The first-order valence-electron chi connectivity index (χ1n) is 4.74. The van der Waals surface area contributed by atoms with E-state index in [0.29, 0.717) is 0 Å². The van der Waals surface area contributed by atoms with Gasteiger partial charge in [-0.3, -0.25) is 4.79 Å². The van der Waals surface area contributed by atoms with Gasteiger partial charge in [0.1, 0.15) is 6.04 Å². The molecule has 3 heteroatoms. The van der Waals surface area contributed by atoms with Gasteiger partial charge in [0.25, 0.3) is 0 Å². The summed E-state index contributed by atoms with van der Waals surface area (Å²) in [5.41, 5.74) is 3.17. The summed E-state index contributed by atoms with van der Waals surface area (Å²) >= 11 is 0. The van der Waals surface area contributed by atoms with Crippen LogP contribution in [-0.2, 0) is 11.2 Å². The number of carboxylic acids is 1. The van der Waals surface area contributed by atoms with E-state index in [-0.39, 0.29) is 0 Å². The summed E-state index contributed by atoms with van der Waals surface area (Å²) in [6.07, 6.45) is 0.917. The molecule has 0 fully saturated rings. The SMILES string of the molecule is Cc1cccc2c1C(C(=O)O)NCC2. The van der Waals surface area contributed by atoms with E-state index in [4.69, 9.17) is 5.11 Å². The predicted molar refractivity (Wildman–Crippen MR) is 53.3 cm³/mol. The number of hydrogen-bond donors (Lipinski definition) is 2. The van der Waals surface area contributed by atoms with Crippen LogP contribution in [0.25, 0.3) is 0 Å². The lowest BCUT2D eigenvalue weighted by atomic mass is 9.90. The molecule has 0 radical (unpaired) electrons. The standard InChI is InChI=1S/C11H13NO2/c1-7-3-2-4-8-5-6-12-10(9(7)8)11(13)14/h2-4,10,12H,5-6H2,1H3,(H,13,14). The van der Waals surface area contributed by atoms with Crippen LogP contribution in [0.2, 0.25) is 0 Å². The van der Waals surface area contributed by atoms with Crippen molar-refractivity contribution in [2.45, 2.75) is 19.4 Å². The number of rotatable bonds is 1. The number of aliphatic carboxylic acids is 1. The van der Waals surface area contributed by atoms with Gasteiger partial charge in [-0.2, -0.15) is 0 Å². The smallest absolute Gasteiger partial charge is 0.325 e. The number of benzene rings is 1. The van der Waals surface area contributed by atoms with E-state index in [1.54, 1.807) is 0 Å². The lowest BCUT2D eigenvalue weighted by molar-refractivity contribution is -0.139. The van der Waals surface area contributed by atoms with Crippen molar-refractivity contribution in [2.75, 3.05) is 6.54 Å². The molecule has 3 nitrogen and oxygen atoms in total. The minimum absolute atomic E-state index is 0.528. The third-order valence-electron chi connectivity index (χ3n) is 2.69. The first-order chi connectivity index (χ1) is 6.70. The van der Waals surface area contributed by atoms with E-state index in [2.05, 4.69) is 5.32 Å². The van der Waals surface area contributed by atoms with Gasteiger partial charge in [0, 0.05) is 6.54 Å². The molecular weight excluding hydrogens is 178 g/mol. The van der Waals surface area contributed by atoms with Gasteiger partial charge in [0.05, 0.1) is 0 Å². The molecule has 1 aromatic rings. The third-order valence-corrected chi connectivity index (χ3v) is 2.69. The number of hydrogen-bond acceptors (Lipinski definition) is 2. The maximum absolute atomic E-state index is 11.0. The Morgan fingerprint density at radius 3 is 3.07 bits per heavy atom. The highest BCUT2D eigenvalue weighted by molar-refractivity contribution is 5.77. The van der Waals surface area contributed by atoms with Crippen molar-refractivity contribution in [3.8, 4) is 0 Å². The molecule has 0 saturated heterocycles. The van der Waals surface area contributed by atoms with Crippen LogP contribution in [0.3, 0.4) is 0 Å². The van der Waals surface area contributed by atoms with Gasteiger partial charge in [-0.15, -0.1) is 0 Å². The summed E-state index contributed by atoms with van der Waals surface area (Å²) < 4.78 is 0. The molecule has 1 aliphatic heterocycles. The van der Waals surface area contributed by atoms with Crippen LogP contribution in [0.1, 0.15) is 22.7 Å². The summed E-state index contributed by atoms with van der Waals surface area (Å²) in [7, 11) is 0. The predicted octanol–water partition coefficient (Wildman–Crippen LogP) is 1.27. The molecule has 1 atom stereocenters. The van der Waals surface area contributed by atoms with Gasteiger partial charge in [-0.1, -0.05) is 18.2 Å². The van der Waals surface area contributed by atoms with Gasteiger partial charge >= 0.3 is 5.97 Å². The molecule has 2 rings (SSSR count). The average Bonchev–Trinajstić information content (AvgIpc) is 2.17. The van der Waals surface area contributed by atoms with Crippen molar-refractivity contribution in [3.63, 3.8) is 0 Å². The minimum Gasteiger partial charge on any atom is -0.480 e. The second kappa shape index (κ2) is 3.42. The van der Waals surface area contributed by atoms with Crippen LogP contribution in [-0.4, -0.2) is 17.6 Å². The molecule has 1 aliphatic rings. The Morgan fingerprint density at radius 2 is 2.36 bits per heavy atom. The van der Waals surface area contributed by atoms with E-state index in [0.717, 1.165) is 29.7 Å². The van der Waals surface area contributed by atoms with Crippen LogP contribution in [0.4, 0.5) is 0 Å². The molecule has 0 aliphatic carbocycles. The number of nitrogens with one attached hydrogen (secondary N) is 1. The Morgan fingerprint density at radius 1 is 1.57 bits per heavy atom. The molecule has 0 saturated carbocycles. The highest BCUT2D eigenvalue weighted by Crippen LogP contribution is 2.26. The molecular formula is C11H13NO2. The fourth-order valence-electron chi connectivity index (χ4n) is 2.04. The number of fused-ring (bicyclic) bond motifs is 1. The fourth-order valence-corrected chi connectivity index (χ4v) is 2.04. The zero-order chi connectivity index (χ0) is 10.1. The van der Waals surface area contributed by atoms with Crippen molar-refractivity contribution in [3.05, 3.63) is 34.9 Å². The summed E-state index contributed by atoms with van der Waals surface area (Å²) in [5, 5.41) is 12.1. The van der Waals surface area contributed by atoms with E-state index >= 15 is 0 Å². The zero-order valence-electron chi connectivity index (χ0n) is 8.08. The molecule has 2 N–H and O–H groups in total. The normalized spacial score (nSPS) is 20.2. The van der Waals surface area contributed by atoms with E-state index in [9.17, 15) is 4.79 Å². The lowest BCUT2D eigenvalue weighted by Crippen LogP contribution is -2.35. The fraction of sp³-hybridized carbons (Fsp3) is 0.364. The number of carboxylic acid groups (broad SMARTS) is 1. The highest BCUT2D eigenvalue weighted by atomic mass is 16.4. The Hall–Kier alpha value is -1.35. The number of carbonyl (C=O) groups is 1. The van der Waals surface area contributed by atoms with Gasteiger partial charge in [0.15, 0.2) is 0 Å². The van der Waals surface area contributed by atoms with Crippen molar-refractivity contribution >= 4 is 5.97 Å². The average molecular weight is 191 g/mol. The van der Waals surface area contributed by atoms with Crippen LogP contribution in [0.15, 0.2) is 18.2 Å². The van der Waals surface area contributed by atoms with Crippen molar-refractivity contribution in [2.24, 2.45) is 0 Å². The first kappa shape index (κ1) is 9.21. The van der Waals surface area contributed by atoms with Crippen LogP contribution in [0.5, 0.6) is 0 Å². The molecule has 0 bridgehead atoms. The first-order valence-corrected chi connectivity index (χ1v) is 4.74. The largest absolute Gasteiger partial charge is 0.480 e. The summed E-state index contributed by atoms with van der Waals surface area (Å²) in [5.74, 6) is -0.791. The topological polar surface area (TPSA) is 49.3 Å². The van der Waals surface area contributed by atoms with E-state index in [1.807, 2.05) is 25.1 Å². The lowest BCUT2D eigenvalue weighted by Gasteiger charge is -2.25. The van der Waals surface area contributed by atoms with Crippen LogP contribution < -0.4 is 5.32 Å². The van der Waals surface area contributed by atoms with Crippen LogP contribution in [0, 0.1) is 6.92 Å². The summed E-state index contributed by atoms with van der Waals surface area (Å²) in [6, 6.07) is 5.43. The second-order valence-corrected chi connectivity index (χ2v) is 3.62. The Bertz CT molecular complexity index is 374. The Kier molecular flexibility index (Phi) is 2.25. The van der Waals surface area contributed by atoms with Crippen molar-refractivity contribution in [1.29, 1.82) is 0 Å². The van der Waals surface area contributed by atoms with Crippen molar-refractivity contribution < 1.29 is 9.90 Å². The Labute approximate surface area is 82.8 Å². The Balaban J connectivity index is 2.52. The van der Waals surface area contributed by atoms with Crippen molar-refractivity contribution in [1.82, 2.24) is 5.32 Å². The molecule has 1 aromatic carbocycles. The molecule has 1 heterocycles. The van der Waals surface area contributed by atoms with Gasteiger partial charge < -0.3 is 10.4 Å². The van der Waals surface area contributed by atoms with Crippen LogP contribution >= 0.6 is 0 Å². The quantitative estimate of drug-likeness (QED) is 0.702. The van der Waals surface area contributed by atoms with Gasteiger partial charge in [0.2, 0.25) is 0 Å². The second-order valence-electron chi connectivity index (χ2n) is 3.62. The third kappa shape index (κ3) is 1.40. The molecule has 1 unspecified atom stereocenters. The molecule has 74 valence electrons. The number of aryl methyl sites for hydroxylation is 1. The van der Waals surface area contributed by atoms with E-state index < -0.39 is 12.0 Å². The monoisotopic (exact) mass is 191 g/mol. The maximum Gasteiger partial charge on any atom is 0.325 e. The maximum atomic E-state index is 11.0. The van der Waals surface area contributed by atoms with E-state index in [1.165, 1.54) is 0 Å². The molecule has 0 aromatic heterocycles. The molecule has 0 amide bonds. The summed E-state index contributed by atoms with van der Waals surface area (Å²) in [6.45, 7) is 2.70. The molecule has 14 heavy (non-hydrogen) atoms. The highest BCUT2D eigenvalue weighted by Gasteiger charge is 2.26.